The summed E-state index contributed by atoms with van der Waals surface area (Å²) in [6.45, 7) is 0. The minimum absolute atomic E-state index is 0.111. The van der Waals surface area contributed by atoms with Gasteiger partial charge in [-0.1, -0.05) is 39.1 Å². The molecule has 1 N–H and O–H groups in total. The molecular formula is C15H7BrCl2O3. The first kappa shape index (κ1) is 14.4. The van der Waals surface area contributed by atoms with Crippen molar-refractivity contribution in [2.45, 2.75) is 0 Å². The fraction of sp³-hybridized carbons (Fsp3) is 0. The van der Waals surface area contributed by atoms with Gasteiger partial charge in [-0.3, -0.25) is 4.79 Å². The van der Waals surface area contributed by atoms with Crippen LogP contribution in [0.1, 0.15) is 15.9 Å². The molecule has 21 heavy (non-hydrogen) atoms. The monoisotopic (exact) mass is 384 g/mol. The summed E-state index contributed by atoms with van der Waals surface area (Å²) in [4.78, 5) is 12.3. The number of ketones is 1. The number of phenolic OH excluding ortho intramolecular Hbond substituents is 1. The molecule has 0 spiro atoms. The van der Waals surface area contributed by atoms with E-state index in [0.29, 0.717) is 16.9 Å². The first-order chi connectivity index (χ1) is 9.95. The van der Waals surface area contributed by atoms with Gasteiger partial charge in [0.05, 0.1) is 15.6 Å². The number of fused-ring (bicyclic) bond motifs is 1. The van der Waals surface area contributed by atoms with Gasteiger partial charge in [0.25, 0.3) is 0 Å². The molecule has 0 unspecified atom stereocenters. The van der Waals surface area contributed by atoms with Gasteiger partial charge in [-0.25, -0.2) is 0 Å². The second-order valence-corrected chi connectivity index (χ2v) is 6.14. The summed E-state index contributed by atoms with van der Waals surface area (Å²) in [5.74, 6) is 0.282. The number of aromatic hydroxyl groups is 1. The molecule has 0 saturated carbocycles. The zero-order valence-corrected chi connectivity index (χ0v) is 13.5. The number of ether oxygens (including phenoxy) is 1. The van der Waals surface area contributed by atoms with E-state index in [1.807, 2.05) is 0 Å². The SMILES string of the molecule is O=C1/C(=C/c2cc(Cl)c(O)c(Cl)c2)Oc2ccc(Br)cc21. The van der Waals surface area contributed by atoms with Gasteiger partial charge in [0.1, 0.15) is 5.75 Å². The molecule has 2 aromatic rings. The lowest BCUT2D eigenvalue weighted by molar-refractivity contribution is 0.101. The first-order valence-corrected chi connectivity index (χ1v) is 7.42. The average molecular weight is 386 g/mol. The molecule has 0 amide bonds. The molecule has 2 aromatic carbocycles. The summed E-state index contributed by atoms with van der Waals surface area (Å²) < 4.78 is 6.33. The van der Waals surface area contributed by atoms with Crippen LogP contribution in [0.15, 0.2) is 40.6 Å². The summed E-state index contributed by atoms with van der Waals surface area (Å²) in [6, 6.07) is 8.23. The third kappa shape index (κ3) is 2.67. The molecule has 0 aromatic heterocycles. The normalized spacial score (nSPS) is 15.2. The molecule has 6 heteroatoms. The maximum absolute atomic E-state index is 12.3. The van der Waals surface area contributed by atoms with E-state index in [0.717, 1.165) is 4.47 Å². The Labute approximate surface area is 138 Å². The Kier molecular flexibility index (Phi) is 3.69. The van der Waals surface area contributed by atoms with Crippen molar-refractivity contribution >= 4 is 51.0 Å². The summed E-state index contributed by atoms with van der Waals surface area (Å²) in [7, 11) is 0. The lowest BCUT2D eigenvalue weighted by Gasteiger charge is -2.03. The van der Waals surface area contributed by atoms with Crippen molar-refractivity contribution in [1.82, 2.24) is 0 Å². The molecule has 0 bridgehead atoms. The van der Waals surface area contributed by atoms with Crippen LogP contribution < -0.4 is 4.74 Å². The first-order valence-electron chi connectivity index (χ1n) is 5.87. The minimum Gasteiger partial charge on any atom is -0.505 e. The van der Waals surface area contributed by atoms with E-state index in [9.17, 15) is 9.90 Å². The topological polar surface area (TPSA) is 46.5 Å². The Morgan fingerprint density at radius 2 is 1.81 bits per heavy atom. The van der Waals surface area contributed by atoms with Gasteiger partial charge >= 0.3 is 0 Å². The predicted octanol–water partition coefficient (Wildman–Crippen LogP) is 5.08. The van der Waals surface area contributed by atoms with Crippen LogP contribution in [-0.2, 0) is 0 Å². The molecule has 3 rings (SSSR count). The highest BCUT2D eigenvalue weighted by molar-refractivity contribution is 9.10. The van der Waals surface area contributed by atoms with Crippen molar-refractivity contribution in [3.63, 3.8) is 0 Å². The summed E-state index contributed by atoms with van der Waals surface area (Å²) in [5.41, 5.74) is 1.06. The van der Waals surface area contributed by atoms with Crippen LogP contribution in [0.3, 0.4) is 0 Å². The van der Waals surface area contributed by atoms with Gasteiger partial charge in [-0.15, -0.1) is 0 Å². The molecule has 0 radical (unpaired) electrons. The van der Waals surface area contributed by atoms with Crippen molar-refractivity contribution in [1.29, 1.82) is 0 Å². The summed E-state index contributed by atoms with van der Waals surface area (Å²) in [5, 5.41) is 9.75. The van der Waals surface area contributed by atoms with Crippen LogP contribution in [0, 0.1) is 0 Å². The molecule has 1 aliphatic rings. The van der Waals surface area contributed by atoms with E-state index < -0.39 is 0 Å². The largest absolute Gasteiger partial charge is 0.505 e. The number of hydrogen-bond donors (Lipinski definition) is 1. The number of carbonyl (C=O) groups is 1. The number of allylic oxidation sites excluding steroid dienone is 1. The highest BCUT2D eigenvalue weighted by atomic mass is 79.9. The molecule has 0 atom stereocenters. The van der Waals surface area contributed by atoms with Gasteiger partial charge in [0.15, 0.2) is 11.5 Å². The highest BCUT2D eigenvalue weighted by Gasteiger charge is 2.27. The third-order valence-corrected chi connectivity index (χ3v) is 4.04. The Hall–Kier alpha value is -1.49. The third-order valence-electron chi connectivity index (χ3n) is 2.97. The van der Waals surface area contributed by atoms with E-state index in [1.165, 1.54) is 18.2 Å². The fourth-order valence-corrected chi connectivity index (χ4v) is 2.85. The van der Waals surface area contributed by atoms with Gasteiger partial charge < -0.3 is 9.84 Å². The van der Waals surface area contributed by atoms with Gasteiger partial charge in [-0.05, 0) is 42.0 Å². The summed E-state index contributed by atoms with van der Waals surface area (Å²) in [6.07, 6.45) is 1.54. The van der Waals surface area contributed by atoms with Crippen molar-refractivity contribution in [3.8, 4) is 11.5 Å². The van der Waals surface area contributed by atoms with Gasteiger partial charge in [-0.2, -0.15) is 0 Å². The average Bonchev–Trinajstić information content (AvgIpc) is 2.73. The van der Waals surface area contributed by atoms with E-state index >= 15 is 0 Å². The Balaban J connectivity index is 2.02. The van der Waals surface area contributed by atoms with Crippen LogP contribution in [0.4, 0.5) is 0 Å². The summed E-state index contributed by atoms with van der Waals surface area (Å²) >= 11 is 15.0. The highest BCUT2D eigenvalue weighted by Crippen LogP contribution is 2.36. The second kappa shape index (κ2) is 5.37. The molecule has 0 fully saturated rings. The maximum Gasteiger partial charge on any atom is 0.232 e. The van der Waals surface area contributed by atoms with Crippen molar-refractivity contribution in [2.24, 2.45) is 0 Å². The van der Waals surface area contributed by atoms with E-state index in [1.54, 1.807) is 18.2 Å². The van der Waals surface area contributed by atoms with E-state index in [-0.39, 0.29) is 27.3 Å². The Bertz CT molecular complexity index is 776. The number of phenols is 1. The molecule has 0 saturated heterocycles. The Morgan fingerprint density at radius 1 is 1.14 bits per heavy atom. The Morgan fingerprint density at radius 3 is 2.48 bits per heavy atom. The number of Topliss-reactive ketones (excluding diaryl/α,β-unsaturated/α-hetero) is 1. The molecular weight excluding hydrogens is 379 g/mol. The van der Waals surface area contributed by atoms with Crippen LogP contribution in [0.5, 0.6) is 11.5 Å². The zero-order chi connectivity index (χ0) is 15.1. The fourth-order valence-electron chi connectivity index (χ4n) is 1.98. The molecule has 0 aliphatic carbocycles. The molecule has 3 nitrogen and oxygen atoms in total. The maximum atomic E-state index is 12.3. The van der Waals surface area contributed by atoms with Crippen molar-refractivity contribution < 1.29 is 14.6 Å². The number of hydrogen-bond acceptors (Lipinski definition) is 3. The van der Waals surface area contributed by atoms with Gasteiger partial charge in [0, 0.05) is 4.47 Å². The lowest BCUT2D eigenvalue weighted by atomic mass is 10.1. The number of benzene rings is 2. The number of halogens is 3. The van der Waals surface area contributed by atoms with E-state index in [4.69, 9.17) is 27.9 Å². The minimum atomic E-state index is -0.216. The van der Waals surface area contributed by atoms with Crippen LogP contribution in [0.2, 0.25) is 10.0 Å². The molecule has 1 aliphatic heterocycles. The van der Waals surface area contributed by atoms with Crippen LogP contribution in [0.25, 0.3) is 6.08 Å². The van der Waals surface area contributed by atoms with Crippen LogP contribution in [-0.4, -0.2) is 10.9 Å². The molecule has 1 heterocycles. The number of carbonyl (C=O) groups excluding carboxylic acids is 1. The van der Waals surface area contributed by atoms with Crippen molar-refractivity contribution in [3.05, 3.63) is 61.7 Å². The predicted molar refractivity (Wildman–Crippen MR) is 85.2 cm³/mol. The van der Waals surface area contributed by atoms with Gasteiger partial charge in [0.2, 0.25) is 5.78 Å². The number of rotatable bonds is 1. The quantitative estimate of drug-likeness (QED) is 0.696. The standard InChI is InChI=1S/C15H7BrCl2O3/c16-8-1-2-12-9(6-8)14(19)13(21-12)5-7-3-10(17)15(20)11(18)4-7/h1-6,20H/b13-5-. The van der Waals surface area contributed by atoms with Crippen LogP contribution >= 0.6 is 39.1 Å². The zero-order valence-electron chi connectivity index (χ0n) is 10.4. The lowest BCUT2D eigenvalue weighted by Crippen LogP contribution is -1.98. The second-order valence-electron chi connectivity index (χ2n) is 4.41. The smallest absolute Gasteiger partial charge is 0.232 e. The molecule has 106 valence electrons. The van der Waals surface area contributed by atoms with E-state index in [2.05, 4.69) is 15.9 Å². The van der Waals surface area contributed by atoms with Crippen molar-refractivity contribution in [2.75, 3.05) is 0 Å².